The van der Waals surface area contributed by atoms with E-state index in [4.69, 9.17) is 0 Å². The lowest BCUT2D eigenvalue weighted by atomic mass is 10.1. The lowest BCUT2D eigenvalue weighted by molar-refractivity contribution is -0.121. The minimum absolute atomic E-state index is 0.190. The van der Waals surface area contributed by atoms with Gasteiger partial charge in [-0.1, -0.05) is 20.3 Å². The van der Waals surface area contributed by atoms with Crippen LogP contribution in [0.2, 0.25) is 0 Å². The van der Waals surface area contributed by atoms with Gasteiger partial charge >= 0.3 is 0 Å². The molecule has 0 aromatic rings. The predicted octanol–water partition coefficient (Wildman–Crippen LogP) is 1.24. The van der Waals surface area contributed by atoms with Crippen molar-refractivity contribution in [2.75, 3.05) is 24.6 Å². The first-order valence-electron chi connectivity index (χ1n) is 5.80. The molecule has 0 aromatic heterocycles. The molecule has 15 heavy (non-hydrogen) atoms. The van der Waals surface area contributed by atoms with E-state index >= 15 is 0 Å². The highest BCUT2D eigenvalue weighted by Gasteiger charge is 2.16. The first kappa shape index (κ1) is 12.8. The Kier molecular flexibility index (Phi) is 6.10. The SMILES string of the molecule is CCC(C)CNC(=O)CC1CSCCN1. The van der Waals surface area contributed by atoms with Crippen molar-refractivity contribution < 1.29 is 4.79 Å². The molecule has 1 fully saturated rings. The van der Waals surface area contributed by atoms with Crippen molar-refractivity contribution in [1.82, 2.24) is 10.6 Å². The molecule has 2 unspecified atom stereocenters. The van der Waals surface area contributed by atoms with Gasteiger partial charge in [0.05, 0.1) is 0 Å². The molecule has 4 heteroatoms. The lowest BCUT2D eigenvalue weighted by Crippen LogP contribution is -2.41. The number of hydrogen-bond donors (Lipinski definition) is 2. The second-order valence-corrected chi connectivity index (χ2v) is 5.40. The molecule has 2 N–H and O–H groups in total. The van der Waals surface area contributed by atoms with Crippen molar-refractivity contribution >= 4 is 17.7 Å². The number of thioether (sulfide) groups is 1. The second-order valence-electron chi connectivity index (χ2n) is 4.25. The first-order valence-corrected chi connectivity index (χ1v) is 6.95. The minimum atomic E-state index is 0.190. The summed E-state index contributed by atoms with van der Waals surface area (Å²) < 4.78 is 0. The van der Waals surface area contributed by atoms with Gasteiger partial charge in [-0.2, -0.15) is 11.8 Å². The number of carbonyl (C=O) groups excluding carboxylic acids is 1. The van der Waals surface area contributed by atoms with Gasteiger partial charge in [0.1, 0.15) is 0 Å². The fraction of sp³-hybridized carbons (Fsp3) is 0.909. The number of rotatable bonds is 5. The third kappa shape index (κ3) is 5.42. The Balaban J connectivity index is 2.11. The number of amides is 1. The molecule has 0 saturated carbocycles. The van der Waals surface area contributed by atoms with E-state index in [2.05, 4.69) is 24.5 Å². The van der Waals surface area contributed by atoms with Gasteiger partial charge in [-0.3, -0.25) is 4.79 Å². The average Bonchev–Trinajstić information content (AvgIpc) is 2.27. The van der Waals surface area contributed by atoms with Crippen molar-refractivity contribution in [2.24, 2.45) is 5.92 Å². The molecular formula is C11H22N2OS. The summed E-state index contributed by atoms with van der Waals surface area (Å²) in [5, 5.41) is 6.36. The van der Waals surface area contributed by atoms with E-state index in [0.29, 0.717) is 18.4 Å². The summed E-state index contributed by atoms with van der Waals surface area (Å²) >= 11 is 1.93. The summed E-state index contributed by atoms with van der Waals surface area (Å²) in [4.78, 5) is 11.6. The molecule has 0 spiro atoms. The average molecular weight is 230 g/mol. The van der Waals surface area contributed by atoms with Crippen molar-refractivity contribution in [3.05, 3.63) is 0 Å². The van der Waals surface area contributed by atoms with Gasteiger partial charge in [0.25, 0.3) is 0 Å². The van der Waals surface area contributed by atoms with Crippen LogP contribution in [0.3, 0.4) is 0 Å². The van der Waals surface area contributed by atoms with E-state index in [1.807, 2.05) is 11.8 Å². The molecule has 1 heterocycles. The zero-order valence-corrected chi connectivity index (χ0v) is 10.5. The highest BCUT2D eigenvalue weighted by Crippen LogP contribution is 2.10. The largest absolute Gasteiger partial charge is 0.356 e. The molecule has 1 aliphatic heterocycles. The normalized spacial score (nSPS) is 23.5. The van der Waals surface area contributed by atoms with Crippen LogP contribution >= 0.6 is 11.8 Å². The molecule has 0 radical (unpaired) electrons. The van der Waals surface area contributed by atoms with Gasteiger partial charge in [-0.05, 0) is 5.92 Å². The summed E-state index contributed by atoms with van der Waals surface area (Å²) in [6, 6.07) is 0.376. The molecule has 2 atom stereocenters. The molecule has 0 aromatic carbocycles. The van der Waals surface area contributed by atoms with Crippen molar-refractivity contribution in [3.8, 4) is 0 Å². The third-order valence-electron chi connectivity index (χ3n) is 2.77. The minimum Gasteiger partial charge on any atom is -0.356 e. The monoisotopic (exact) mass is 230 g/mol. The second kappa shape index (κ2) is 7.12. The van der Waals surface area contributed by atoms with Crippen LogP contribution in [0.5, 0.6) is 0 Å². The zero-order valence-electron chi connectivity index (χ0n) is 9.71. The molecule has 1 saturated heterocycles. The van der Waals surface area contributed by atoms with Gasteiger partial charge in [0.15, 0.2) is 0 Å². The van der Waals surface area contributed by atoms with Gasteiger partial charge in [0, 0.05) is 37.1 Å². The van der Waals surface area contributed by atoms with E-state index in [1.165, 1.54) is 5.75 Å². The Morgan fingerprint density at radius 1 is 1.67 bits per heavy atom. The summed E-state index contributed by atoms with van der Waals surface area (Å²) in [7, 11) is 0. The molecule has 0 bridgehead atoms. The van der Waals surface area contributed by atoms with E-state index in [9.17, 15) is 4.79 Å². The molecule has 1 rings (SSSR count). The Morgan fingerprint density at radius 2 is 2.47 bits per heavy atom. The smallest absolute Gasteiger partial charge is 0.221 e. The summed E-state index contributed by atoms with van der Waals surface area (Å²) in [5.74, 6) is 3.01. The van der Waals surface area contributed by atoms with Crippen LogP contribution in [-0.4, -0.2) is 36.5 Å². The van der Waals surface area contributed by atoms with Crippen LogP contribution in [0.25, 0.3) is 0 Å². The van der Waals surface area contributed by atoms with Crippen LogP contribution in [0, 0.1) is 5.92 Å². The van der Waals surface area contributed by atoms with E-state index < -0.39 is 0 Å². The molecule has 0 aliphatic carbocycles. The third-order valence-corrected chi connectivity index (χ3v) is 3.91. The van der Waals surface area contributed by atoms with Gasteiger partial charge in [-0.15, -0.1) is 0 Å². The summed E-state index contributed by atoms with van der Waals surface area (Å²) in [5.41, 5.74) is 0. The number of carbonyl (C=O) groups is 1. The predicted molar refractivity (Wildman–Crippen MR) is 66.2 cm³/mol. The molecule has 3 nitrogen and oxygen atoms in total. The summed E-state index contributed by atoms with van der Waals surface area (Å²) in [6.07, 6.45) is 1.75. The zero-order chi connectivity index (χ0) is 11.1. The van der Waals surface area contributed by atoms with Crippen LogP contribution < -0.4 is 10.6 Å². The highest BCUT2D eigenvalue weighted by atomic mass is 32.2. The van der Waals surface area contributed by atoms with Crippen molar-refractivity contribution in [2.45, 2.75) is 32.7 Å². The van der Waals surface area contributed by atoms with E-state index in [1.54, 1.807) is 0 Å². The van der Waals surface area contributed by atoms with Crippen LogP contribution in [0.1, 0.15) is 26.7 Å². The highest BCUT2D eigenvalue weighted by molar-refractivity contribution is 7.99. The lowest BCUT2D eigenvalue weighted by Gasteiger charge is -2.22. The number of hydrogen-bond acceptors (Lipinski definition) is 3. The van der Waals surface area contributed by atoms with Crippen molar-refractivity contribution in [1.29, 1.82) is 0 Å². The van der Waals surface area contributed by atoms with Gasteiger partial charge < -0.3 is 10.6 Å². The van der Waals surface area contributed by atoms with Crippen molar-refractivity contribution in [3.63, 3.8) is 0 Å². The quantitative estimate of drug-likeness (QED) is 0.747. The van der Waals surface area contributed by atoms with Gasteiger partial charge in [-0.25, -0.2) is 0 Å². The number of nitrogens with one attached hydrogen (secondary N) is 2. The fourth-order valence-electron chi connectivity index (χ4n) is 1.48. The maximum atomic E-state index is 11.6. The topological polar surface area (TPSA) is 41.1 Å². The van der Waals surface area contributed by atoms with E-state index in [0.717, 1.165) is 25.3 Å². The van der Waals surface area contributed by atoms with Crippen LogP contribution in [-0.2, 0) is 4.79 Å². The standard InChI is InChI=1S/C11H22N2OS/c1-3-9(2)7-13-11(14)6-10-8-15-5-4-12-10/h9-10,12H,3-8H2,1-2H3,(H,13,14). The Hall–Kier alpha value is -0.220. The van der Waals surface area contributed by atoms with Crippen LogP contribution in [0.15, 0.2) is 0 Å². The Labute approximate surface area is 96.8 Å². The molecular weight excluding hydrogens is 208 g/mol. The summed E-state index contributed by atoms with van der Waals surface area (Å²) in [6.45, 7) is 6.16. The molecule has 1 amide bonds. The molecule has 88 valence electrons. The maximum absolute atomic E-state index is 11.6. The Morgan fingerprint density at radius 3 is 3.07 bits per heavy atom. The fourth-order valence-corrected chi connectivity index (χ4v) is 2.43. The van der Waals surface area contributed by atoms with Crippen LogP contribution in [0.4, 0.5) is 0 Å². The Bertz CT molecular complexity index is 193. The first-order chi connectivity index (χ1) is 7.22. The maximum Gasteiger partial charge on any atom is 0.221 e. The van der Waals surface area contributed by atoms with Gasteiger partial charge in [0.2, 0.25) is 5.91 Å². The molecule has 1 aliphatic rings. The van der Waals surface area contributed by atoms with E-state index in [-0.39, 0.29) is 5.91 Å².